The molecule has 6 nitrogen and oxygen atoms in total. The molecule has 7 heteroatoms. The highest BCUT2D eigenvalue weighted by molar-refractivity contribution is 7.17. The summed E-state index contributed by atoms with van der Waals surface area (Å²) in [6.07, 6.45) is 9.57. The molecule has 0 bridgehead atoms. The first-order valence-corrected chi connectivity index (χ1v) is 14.0. The van der Waals surface area contributed by atoms with E-state index in [1.165, 1.54) is 48.2 Å². The summed E-state index contributed by atoms with van der Waals surface area (Å²) in [6.45, 7) is 4.26. The molecule has 1 N–H and O–H groups in total. The smallest absolute Gasteiger partial charge is 0.346 e. The van der Waals surface area contributed by atoms with Crippen LogP contribution in [0.3, 0.4) is 0 Å². The van der Waals surface area contributed by atoms with Crippen LogP contribution >= 0.6 is 11.3 Å². The molecular weight excluding hydrogens is 480 g/mol. The van der Waals surface area contributed by atoms with Gasteiger partial charge >= 0.3 is 5.97 Å². The fraction of sp³-hybridized carbons (Fsp3) is 0.367. The van der Waals surface area contributed by atoms with Crippen molar-refractivity contribution in [1.82, 2.24) is 19.7 Å². The lowest BCUT2D eigenvalue weighted by Crippen LogP contribution is -2.31. The van der Waals surface area contributed by atoms with Crippen molar-refractivity contribution in [1.29, 1.82) is 0 Å². The zero-order valence-corrected chi connectivity index (χ0v) is 22.2. The molecule has 3 aromatic heterocycles. The van der Waals surface area contributed by atoms with Gasteiger partial charge in [-0.2, -0.15) is 5.10 Å². The second kappa shape index (κ2) is 9.88. The third-order valence-electron chi connectivity index (χ3n) is 8.02. The van der Waals surface area contributed by atoms with Crippen LogP contribution in [0.15, 0.2) is 60.4 Å². The van der Waals surface area contributed by atoms with Crippen LogP contribution in [0.1, 0.15) is 54.3 Å². The highest BCUT2D eigenvalue weighted by Gasteiger charge is 2.30. The van der Waals surface area contributed by atoms with Crippen molar-refractivity contribution in [2.45, 2.75) is 39.0 Å². The number of fused-ring (bicyclic) bond motifs is 1. The zero-order chi connectivity index (χ0) is 25.5. The van der Waals surface area contributed by atoms with Gasteiger partial charge in [-0.15, -0.1) is 11.3 Å². The molecule has 190 valence electrons. The Morgan fingerprint density at radius 3 is 2.59 bits per heavy atom. The second-order valence-corrected chi connectivity index (χ2v) is 11.7. The Kier molecular flexibility index (Phi) is 6.42. The average Bonchev–Trinajstić information content (AvgIpc) is 3.54. The number of pyridine rings is 1. The van der Waals surface area contributed by atoms with Gasteiger partial charge in [-0.05, 0) is 85.2 Å². The molecular formula is C30H32N4O2S. The summed E-state index contributed by atoms with van der Waals surface area (Å²) in [5.41, 5.74) is 7.38. The van der Waals surface area contributed by atoms with Gasteiger partial charge in [0.15, 0.2) is 0 Å². The molecule has 0 atom stereocenters. The number of aromatic nitrogens is 3. The van der Waals surface area contributed by atoms with E-state index in [9.17, 15) is 9.90 Å². The summed E-state index contributed by atoms with van der Waals surface area (Å²) >= 11 is 1.39. The van der Waals surface area contributed by atoms with E-state index in [0.29, 0.717) is 10.8 Å². The molecule has 0 spiro atoms. The molecule has 0 saturated heterocycles. The van der Waals surface area contributed by atoms with Gasteiger partial charge in [0.25, 0.3) is 0 Å². The maximum atomic E-state index is 12.4. The van der Waals surface area contributed by atoms with Crippen molar-refractivity contribution in [2.24, 2.45) is 11.8 Å². The van der Waals surface area contributed by atoms with Crippen LogP contribution in [-0.4, -0.2) is 50.9 Å². The van der Waals surface area contributed by atoms with Gasteiger partial charge in [0, 0.05) is 29.7 Å². The Hall–Kier alpha value is -3.29. The fourth-order valence-electron chi connectivity index (χ4n) is 5.90. The summed E-state index contributed by atoms with van der Waals surface area (Å²) in [4.78, 5) is 20.6. The molecule has 4 heterocycles. The SMILES string of the molecule is CC1CCC(C2=C(c3cc(-c4ccc(-n5cc6ncccc6n5)cc4)sc3C(=O)O)CCN(C)C2)CC1. The number of likely N-dealkylation sites (N-methyl/N-ethyl adjacent to an activating group) is 1. The van der Waals surface area contributed by atoms with Crippen LogP contribution in [0.25, 0.3) is 32.7 Å². The quantitative estimate of drug-likeness (QED) is 0.320. The molecule has 1 aliphatic carbocycles. The Bertz CT molecular complexity index is 1440. The number of carboxylic acid groups (broad SMARTS) is 1. The van der Waals surface area contributed by atoms with Crippen LogP contribution in [-0.2, 0) is 0 Å². The van der Waals surface area contributed by atoms with Crippen molar-refractivity contribution >= 4 is 33.9 Å². The summed E-state index contributed by atoms with van der Waals surface area (Å²) in [5, 5.41) is 14.8. The fourth-order valence-corrected chi connectivity index (χ4v) is 6.93. The van der Waals surface area contributed by atoms with E-state index in [-0.39, 0.29) is 0 Å². The maximum Gasteiger partial charge on any atom is 0.346 e. The van der Waals surface area contributed by atoms with E-state index in [1.807, 2.05) is 35.1 Å². The Labute approximate surface area is 221 Å². The monoisotopic (exact) mass is 512 g/mol. The van der Waals surface area contributed by atoms with Gasteiger partial charge in [-0.1, -0.05) is 31.9 Å². The lowest BCUT2D eigenvalue weighted by Gasteiger charge is -2.35. The van der Waals surface area contributed by atoms with Gasteiger partial charge in [-0.3, -0.25) is 4.98 Å². The molecule has 1 fully saturated rings. The van der Waals surface area contributed by atoms with Gasteiger partial charge in [0.1, 0.15) is 15.9 Å². The molecule has 6 rings (SSSR count). The first kappa shape index (κ1) is 24.1. The number of benzene rings is 1. The van der Waals surface area contributed by atoms with E-state index >= 15 is 0 Å². The van der Waals surface area contributed by atoms with Crippen LogP contribution in [0, 0.1) is 11.8 Å². The zero-order valence-electron chi connectivity index (χ0n) is 21.4. The van der Waals surface area contributed by atoms with Crippen molar-refractivity contribution in [2.75, 3.05) is 20.1 Å². The third-order valence-corrected chi connectivity index (χ3v) is 9.20. The normalized spacial score (nSPS) is 21.0. The van der Waals surface area contributed by atoms with Crippen molar-refractivity contribution in [3.05, 3.63) is 70.9 Å². The molecule has 4 aromatic rings. The topological polar surface area (TPSA) is 71.2 Å². The summed E-state index contributed by atoms with van der Waals surface area (Å²) in [6, 6.07) is 14.1. The van der Waals surface area contributed by atoms with Crippen LogP contribution < -0.4 is 0 Å². The minimum absolute atomic E-state index is 0.463. The van der Waals surface area contributed by atoms with E-state index < -0.39 is 5.97 Å². The Balaban J connectivity index is 1.36. The molecule has 2 aliphatic rings. The largest absolute Gasteiger partial charge is 0.477 e. The van der Waals surface area contributed by atoms with Crippen molar-refractivity contribution in [3.8, 4) is 16.1 Å². The molecule has 1 saturated carbocycles. The highest BCUT2D eigenvalue weighted by atomic mass is 32.1. The lowest BCUT2D eigenvalue weighted by molar-refractivity contribution is 0.0702. The summed E-state index contributed by atoms with van der Waals surface area (Å²) < 4.78 is 1.84. The van der Waals surface area contributed by atoms with Gasteiger partial charge in [0.2, 0.25) is 0 Å². The van der Waals surface area contributed by atoms with Gasteiger partial charge < -0.3 is 10.0 Å². The van der Waals surface area contributed by atoms with Gasteiger partial charge in [-0.25, -0.2) is 9.48 Å². The second-order valence-electron chi connectivity index (χ2n) is 10.6. The Morgan fingerprint density at radius 1 is 1.08 bits per heavy atom. The predicted octanol–water partition coefficient (Wildman–Crippen LogP) is 6.76. The maximum absolute atomic E-state index is 12.4. The number of hydrogen-bond donors (Lipinski definition) is 1. The minimum Gasteiger partial charge on any atom is -0.477 e. The van der Waals surface area contributed by atoms with Crippen molar-refractivity contribution in [3.63, 3.8) is 0 Å². The summed E-state index contributed by atoms with van der Waals surface area (Å²) in [7, 11) is 2.18. The van der Waals surface area contributed by atoms with Crippen LogP contribution in [0.2, 0.25) is 0 Å². The van der Waals surface area contributed by atoms with Crippen LogP contribution in [0.4, 0.5) is 0 Å². The highest BCUT2D eigenvalue weighted by Crippen LogP contribution is 2.43. The van der Waals surface area contributed by atoms with Gasteiger partial charge in [0.05, 0.1) is 11.9 Å². The first-order chi connectivity index (χ1) is 18.0. The molecule has 1 aliphatic heterocycles. The number of carbonyl (C=O) groups is 1. The predicted molar refractivity (Wildman–Crippen MR) is 149 cm³/mol. The third kappa shape index (κ3) is 4.74. The number of hydrogen-bond acceptors (Lipinski definition) is 5. The van der Waals surface area contributed by atoms with Crippen molar-refractivity contribution < 1.29 is 9.90 Å². The average molecular weight is 513 g/mol. The molecule has 37 heavy (non-hydrogen) atoms. The number of carboxylic acids is 1. The number of thiophene rings is 1. The van der Waals surface area contributed by atoms with Crippen LogP contribution in [0.5, 0.6) is 0 Å². The van der Waals surface area contributed by atoms with E-state index in [4.69, 9.17) is 0 Å². The molecule has 0 unspecified atom stereocenters. The minimum atomic E-state index is -0.832. The van der Waals surface area contributed by atoms with E-state index in [2.05, 4.69) is 47.2 Å². The lowest BCUT2D eigenvalue weighted by atomic mass is 9.75. The molecule has 1 aromatic carbocycles. The molecule has 0 amide bonds. The standard InChI is InChI=1S/C30H32N4O2S/c1-19-5-7-20(8-6-19)25-17-33(2)15-13-23(25)24-16-28(37-29(24)30(35)36)21-9-11-22(12-10-21)34-18-27-26(32-34)4-3-14-31-27/h3-4,9-12,14,16,18-20H,5-8,13,15,17H2,1-2H3,(H,35,36). The number of rotatable bonds is 5. The van der Waals surface area contributed by atoms with E-state index in [1.54, 1.807) is 6.20 Å². The Morgan fingerprint density at radius 2 is 1.86 bits per heavy atom. The number of aromatic carboxylic acids is 1. The van der Waals surface area contributed by atoms with E-state index in [0.717, 1.165) is 58.2 Å². The summed E-state index contributed by atoms with van der Waals surface area (Å²) in [5.74, 6) is 0.530. The first-order valence-electron chi connectivity index (χ1n) is 13.2. The number of nitrogens with zero attached hydrogens (tertiary/aromatic N) is 4. The molecule has 0 radical (unpaired) electrons.